The van der Waals surface area contributed by atoms with Gasteiger partial charge >= 0.3 is 0 Å². The molecule has 0 saturated heterocycles. The molecule has 0 saturated carbocycles. The van der Waals surface area contributed by atoms with Gasteiger partial charge in [-0.25, -0.2) is 4.98 Å². The number of nitrogens with zero attached hydrogens (tertiary/aromatic N) is 3. The van der Waals surface area contributed by atoms with Crippen molar-refractivity contribution in [2.75, 3.05) is 7.05 Å². The van der Waals surface area contributed by atoms with Crippen LogP contribution in [0, 0.1) is 0 Å². The molecule has 0 aliphatic carbocycles. The van der Waals surface area contributed by atoms with Crippen molar-refractivity contribution in [3.05, 3.63) is 89.0 Å². The molecule has 0 radical (unpaired) electrons. The number of rotatable bonds is 4. The molecule has 7 nitrogen and oxygen atoms in total. The number of hydrogen-bond donors (Lipinski definition) is 1. The van der Waals surface area contributed by atoms with E-state index in [-0.39, 0.29) is 17.4 Å². The zero-order valence-corrected chi connectivity index (χ0v) is 15.4. The van der Waals surface area contributed by atoms with Gasteiger partial charge in [-0.3, -0.25) is 19.3 Å². The van der Waals surface area contributed by atoms with E-state index in [4.69, 9.17) is 0 Å². The lowest BCUT2D eigenvalue weighted by Gasteiger charge is -2.19. The summed E-state index contributed by atoms with van der Waals surface area (Å²) in [4.78, 5) is 42.6. The number of carbonyl (C=O) groups is 3. The summed E-state index contributed by atoms with van der Waals surface area (Å²) in [5.74, 6) is -0.429. The van der Waals surface area contributed by atoms with Crippen LogP contribution in [0.2, 0.25) is 0 Å². The smallest absolute Gasteiger partial charge is 0.261 e. The largest absolute Gasteiger partial charge is 0.338 e. The summed E-state index contributed by atoms with van der Waals surface area (Å²) in [6.45, 7) is 0. The second-order valence-corrected chi connectivity index (χ2v) is 6.64. The van der Waals surface area contributed by atoms with Crippen LogP contribution < -0.4 is 5.32 Å². The normalized spacial score (nSPS) is 14.1. The number of imidazole rings is 1. The molecular formula is C21H18N4O3. The van der Waals surface area contributed by atoms with Gasteiger partial charge in [-0.05, 0) is 23.8 Å². The summed E-state index contributed by atoms with van der Waals surface area (Å²) in [7, 11) is 3.29. The molecule has 2 heterocycles. The zero-order chi connectivity index (χ0) is 19.8. The first-order valence-corrected chi connectivity index (χ1v) is 8.77. The van der Waals surface area contributed by atoms with E-state index in [9.17, 15) is 14.4 Å². The molecule has 2 aromatic carbocycles. The molecule has 7 heteroatoms. The molecule has 0 spiro atoms. The standard InChI is InChI=1S/C21H18N4O3/c1-24-11-10-22-18(24)17(13-6-4-3-5-7-13)23-19(26)14-8-9-15-16(12-14)21(28)25(2)20(15)27/h3-12,17H,1-2H3,(H,23,26). The van der Waals surface area contributed by atoms with E-state index >= 15 is 0 Å². The Morgan fingerprint density at radius 3 is 2.39 bits per heavy atom. The molecule has 0 fully saturated rings. The van der Waals surface area contributed by atoms with Gasteiger partial charge in [0.2, 0.25) is 0 Å². The summed E-state index contributed by atoms with van der Waals surface area (Å²) < 4.78 is 1.85. The Morgan fingerprint density at radius 2 is 1.71 bits per heavy atom. The van der Waals surface area contributed by atoms with Crippen molar-refractivity contribution in [3.8, 4) is 0 Å². The summed E-state index contributed by atoms with van der Waals surface area (Å²) in [5, 5.41) is 2.99. The molecule has 1 N–H and O–H groups in total. The minimum absolute atomic E-state index is 0.244. The first-order chi connectivity index (χ1) is 13.5. The van der Waals surface area contributed by atoms with E-state index in [1.54, 1.807) is 12.3 Å². The lowest BCUT2D eigenvalue weighted by Crippen LogP contribution is -2.31. The number of nitrogens with one attached hydrogen (secondary N) is 1. The highest BCUT2D eigenvalue weighted by Gasteiger charge is 2.33. The first-order valence-electron chi connectivity index (χ1n) is 8.77. The monoisotopic (exact) mass is 374 g/mol. The van der Waals surface area contributed by atoms with Crippen LogP contribution in [0.4, 0.5) is 0 Å². The molecule has 3 amide bonds. The number of aryl methyl sites for hydroxylation is 1. The average Bonchev–Trinajstić information content (AvgIpc) is 3.23. The minimum Gasteiger partial charge on any atom is -0.338 e. The lowest BCUT2D eigenvalue weighted by atomic mass is 10.0. The van der Waals surface area contributed by atoms with Gasteiger partial charge in [-0.15, -0.1) is 0 Å². The number of carbonyl (C=O) groups excluding carboxylic acids is 3. The van der Waals surface area contributed by atoms with Gasteiger partial charge in [-0.1, -0.05) is 30.3 Å². The van der Waals surface area contributed by atoms with Crippen molar-refractivity contribution < 1.29 is 14.4 Å². The number of amides is 3. The molecule has 1 aromatic heterocycles. The molecule has 0 bridgehead atoms. The Balaban J connectivity index is 1.67. The van der Waals surface area contributed by atoms with E-state index in [1.165, 1.54) is 19.2 Å². The van der Waals surface area contributed by atoms with Crippen molar-refractivity contribution in [2.45, 2.75) is 6.04 Å². The van der Waals surface area contributed by atoms with Crippen molar-refractivity contribution in [3.63, 3.8) is 0 Å². The zero-order valence-electron chi connectivity index (χ0n) is 15.4. The van der Waals surface area contributed by atoms with Crippen LogP contribution in [0.3, 0.4) is 0 Å². The fraction of sp³-hybridized carbons (Fsp3) is 0.143. The van der Waals surface area contributed by atoms with E-state index in [1.807, 2.05) is 48.1 Å². The summed E-state index contributed by atoms with van der Waals surface area (Å²) >= 11 is 0. The summed E-state index contributed by atoms with van der Waals surface area (Å²) in [6, 6.07) is 13.6. The van der Waals surface area contributed by atoms with Gasteiger partial charge in [0.05, 0.1) is 11.1 Å². The summed E-state index contributed by atoms with van der Waals surface area (Å²) in [5.41, 5.74) is 1.75. The maximum Gasteiger partial charge on any atom is 0.261 e. The number of benzene rings is 2. The van der Waals surface area contributed by atoms with E-state index in [0.717, 1.165) is 10.5 Å². The van der Waals surface area contributed by atoms with Crippen molar-refractivity contribution in [2.24, 2.45) is 7.05 Å². The highest BCUT2D eigenvalue weighted by atomic mass is 16.2. The number of imide groups is 1. The number of aromatic nitrogens is 2. The Hall–Kier alpha value is -3.74. The second kappa shape index (κ2) is 6.77. The quantitative estimate of drug-likeness (QED) is 0.710. The Bertz CT molecular complexity index is 1090. The van der Waals surface area contributed by atoms with Gasteiger partial charge in [-0.2, -0.15) is 0 Å². The van der Waals surface area contributed by atoms with E-state index in [0.29, 0.717) is 17.0 Å². The number of hydrogen-bond acceptors (Lipinski definition) is 4. The third kappa shape index (κ3) is 2.87. The molecule has 1 aliphatic heterocycles. The van der Waals surface area contributed by atoms with Crippen LogP contribution in [0.25, 0.3) is 0 Å². The topological polar surface area (TPSA) is 84.3 Å². The maximum atomic E-state index is 12.9. The third-order valence-electron chi connectivity index (χ3n) is 4.88. The van der Waals surface area contributed by atoms with Crippen molar-refractivity contribution in [1.29, 1.82) is 0 Å². The van der Waals surface area contributed by atoms with Crippen LogP contribution in [0.1, 0.15) is 48.5 Å². The highest BCUT2D eigenvalue weighted by molar-refractivity contribution is 6.21. The summed E-state index contributed by atoms with van der Waals surface area (Å²) in [6.07, 6.45) is 3.49. The predicted molar refractivity (Wildman–Crippen MR) is 102 cm³/mol. The molecule has 4 rings (SSSR count). The molecule has 3 aromatic rings. The van der Waals surface area contributed by atoms with Gasteiger partial charge in [0.25, 0.3) is 17.7 Å². The van der Waals surface area contributed by atoms with Crippen LogP contribution in [0.5, 0.6) is 0 Å². The van der Waals surface area contributed by atoms with Gasteiger partial charge in [0, 0.05) is 32.1 Å². The van der Waals surface area contributed by atoms with E-state index < -0.39 is 11.9 Å². The Morgan fingerprint density at radius 1 is 1.00 bits per heavy atom. The molecule has 28 heavy (non-hydrogen) atoms. The molecule has 1 atom stereocenters. The fourth-order valence-corrected chi connectivity index (χ4v) is 3.31. The van der Waals surface area contributed by atoms with Gasteiger partial charge < -0.3 is 9.88 Å². The Kier molecular flexibility index (Phi) is 4.27. The van der Waals surface area contributed by atoms with Gasteiger partial charge in [0.15, 0.2) is 0 Å². The lowest BCUT2D eigenvalue weighted by molar-refractivity contribution is 0.0693. The minimum atomic E-state index is -0.457. The van der Waals surface area contributed by atoms with Crippen molar-refractivity contribution >= 4 is 17.7 Å². The number of fused-ring (bicyclic) bond motifs is 1. The third-order valence-corrected chi connectivity index (χ3v) is 4.88. The SMILES string of the molecule is CN1C(=O)c2ccc(C(=O)NC(c3ccccc3)c3nccn3C)cc2C1=O. The molecular weight excluding hydrogens is 356 g/mol. The predicted octanol–water partition coefficient (Wildman–Crippen LogP) is 2.17. The van der Waals surface area contributed by atoms with Crippen LogP contribution in [0.15, 0.2) is 60.9 Å². The molecule has 140 valence electrons. The highest BCUT2D eigenvalue weighted by Crippen LogP contribution is 2.24. The first kappa shape index (κ1) is 17.7. The van der Waals surface area contributed by atoms with Crippen LogP contribution >= 0.6 is 0 Å². The van der Waals surface area contributed by atoms with Crippen LogP contribution in [-0.2, 0) is 7.05 Å². The molecule has 1 aliphatic rings. The fourth-order valence-electron chi connectivity index (χ4n) is 3.31. The van der Waals surface area contributed by atoms with Gasteiger partial charge in [0.1, 0.15) is 11.9 Å². The van der Waals surface area contributed by atoms with E-state index in [2.05, 4.69) is 10.3 Å². The van der Waals surface area contributed by atoms with Crippen LogP contribution in [-0.4, -0.2) is 39.2 Å². The second-order valence-electron chi connectivity index (χ2n) is 6.64. The Labute approximate surface area is 161 Å². The molecule has 1 unspecified atom stereocenters. The average molecular weight is 374 g/mol. The maximum absolute atomic E-state index is 12.9. The van der Waals surface area contributed by atoms with Crippen molar-refractivity contribution in [1.82, 2.24) is 19.8 Å².